The summed E-state index contributed by atoms with van der Waals surface area (Å²) in [6, 6.07) is 22.1. The molecule has 2 heterocycles. The molecular formula is C23H20N2OS. The van der Waals surface area contributed by atoms with Gasteiger partial charge in [0.15, 0.2) is 0 Å². The average molecular weight is 372 g/mol. The molecule has 0 fully saturated rings. The van der Waals surface area contributed by atoms with Crippen molar-refractivity contribution in [3.05, 3.63) is 94.9 Å². The summed E-state index contributed by atoms with van der Waals surface area (Å²) in [6.07, 6.45) is 4.89. The standard InChI is InChI=1S/C23H20N2OS/c1-2-17-9-8-12-19(15-17)24-23(26)22-21(25-13-6-7-14-25)20(16-27-22)18-10-4-3-5-11-18/h3-16H,2H2,1H3,(H,24,26). The van der Waals surface area contributed by atoms with E-state index in [-0.39, 0.29) is 5.91 Å². The lowest BCUT2D eigenvalue weighted by molar-refractivity contribution is 0.103. The van der Waals surface area contributed by atoms with Gasteiger partial charge in [0.2, 0.25) is 0 Å². The monoisotopic (exact) mass is 372 g/mol. The van der Waals surface area contributed by atoms with Crippen molar-refractivity contribution < 1.29 is 4.79 Å². The Labute approximate surface area is 162 Å². The lowest BCUT2D eigenvalue weighted by atomic mass is 10.1. The molecule has 0 aliphatic heterocycles. The van der Waals surface area contributed by atoms with E-state index in [0.29, 0.717) is 4.88 Å². The molecule has 3 nitrogen and oxygen atoms in total. The van der Waals surface area contributed by atoms with Gasteiger partial charge in [0.1, 0.15) is 4.88 Å². The largest absolute Gasteiger partial charge is 0.322 e. The second-order valence-corrected chi connectivity index (χ2v) is 7.17. The van der Waals surface area contributed by atoms with Crippen molar-refractivity contribution in [1.29, 1.82) is 0 Å². The molecule has 0 aliphatic carbocycles. The first-order valence-corrected chi connectivity index (χ1v) is 9.84. The van der Waals surface area contributed by atoms with Gasteiger partial charge in [-0.15, -0.1) is 11.3 Å². The summed E-state index contributed by atoms with van der Waals surface area (Å²) in [7, 11) is 0. The smallest absolute Gasteiger partial charge is 0.267 e. The first kappa shape index (κ1) is 17.3. The first-order chi connectivity index (χ1) is 13.3. The highest BCUT2D eigenvalue weighted by Gasteiger charge is 2.20. The van der Waals surface area contributed by atoms with Gasteiger partial charge in [-0.3, -0.25) is 4.79 Å². The molecule has 0 atom stereocenters. The number of nitrogens with one attached hydrogen (secondary N) is 1. The Bertz CT molecular complexity index is 1050. The Balaban J connectivity index is 1.74. The van der Waals surface area contributed by atoms with Gasteiger partial charge in [0.05, 0.1) is 5.69 Å². The fourth-order valence-electron chi connectivity index (χ4n) is 3.13. The van der Waals surface area contributed by atoms with Crippen LogP contribution in [0.3, 0.4) is 0 Å². The van der Waals surface area contributed by atoms with E-state index in [1.165, 1.54) is 16.9 Å². The summed E-state index contributed by atoms with van der Waals surface area (Å²) in [5.74, 6) is -0.0841. The van der Waals surface area contributed by atoms with Gasteiger partial charge in [-0.25, -0.2) is 0 Å². The number of amides is 1. The maximum atomic E-state index is 13.1. The number of anilines is 1. The molecule has 4 rings (SSSR count). The van der Waals surface area contributed by atoms with Gasteiger partial charge in [0, 0.05) is 29.0 Å². The number of nitrogens with zero attached hydrogens (tertiary/aromatic N) is 1. The fraction of sp³-hybridized carbons (Fsp3) is 0.0870. The van der Waals surface area contributed by atoms with E-state index in [1.807, 2.05) is 65.5 Å². The molecule has 134 valence electrons. The van der Waals surface area contributed by atoms with E-state index in [0.717, 1.165) is 28.9 Å². The fourth-order valence-corrected chi connectivity index (χ4v) is 4.10. The Hall–Kier alpha value is -3.11. The molecule has 0 bridgehead atoms. The quantitative estimate of drug-likeness (QED) is 0.456. The van der Waals surface area contributed by atoms with Crippen molar-refractivity contribution in [3.8, 4) is 16.8 Å². The predicted octanol–water partition coefficient (Wildman–Crippen LogP) is 6.02. The van der Waals surface area contributed by atoms with Crippen molar-refractivity contribution in [2.45, 2.75) is 13.3 Å². The number of carbonyl (C=O) groups is 1. The Morgan fingerprint density at radius 2 is 1.78 bits per heavy atom. The van der Waals surface area contributed by atoms with Crippen LogP contribution in [0.1, 0.15) is 22.2 Å². The molecule has 0 saturated carbocycles. The van der Waals surface area contributed by atoms with Crippen LogP contribution in [0.15, 0.2) is 84.5 Å². The van der Waals surface area contributed by atoms with E-state index in [4.69, 9.17) is 0 Å². The van der Waals surface area contributed by atoms with Crippen LogP contribution in [-0.2, 0) is 6.42 Å². The van der Waals surface area contributed by atoms with Crippen molar-refractivity contribution in [2.24, 2.45) is 0 Å². The van der Waals surface area contributed by atoms with Crippen LogP contribution in [0.25, 0.3) is 16.8 Å². The van der Waals surface area contributed by atoms with Crippen LogP contribution in [0, 0.1) is 0 Å². The van der Waals surface area contributed by atoms with Crippen LogP contribution < -0.4 is 5.32 Å². The zero-order valence-corrected chi connectivity index (χ0v) is 15.9. The topological polar surface area (TPSA) is 34.0 Å². The molecule has 27 heavy (non-hydrogen) atoms. The molecule has 0 radical (unpaired) electrons. The zero-order chi connectivity index (χ0) is 18.6. The number of benzene rings is 2. The molecule has 2 aromatic carbocycles. The Morgan fingerprint density at radius 3 is 2.52 bits per heavy atom. The van der Waals surface area contributed by atoms with Crippen molar-refractivity contribution in [3.63, 3.8) is 0 Å². The minimum absolute atomic E-state index is 0.0841. The number of aromatic nitrogens is 1. The van der Waals surface area contributed by atoms with E-state index in [2.05, 4.69) is 35.8 Å². The SMILES string of the molecule is CCc1cccc(NC(=O)c2scc(-c3ccccc3)c2-n2cccc2)c1. The Kier molecular flexibility index (Phi) is 4.90. The van der Waals surface area contributed by atoms with E-state index in [1.54, 1.807) is 0 Å². The molecule has 0 spiro atoms. The van der Waals surface area contributed by atoms with Gasteiger partial charge in [-0.05, 0) is 41.8 Å². The zero-order valence-electron chi connectivity index (χ0n) is 15.1. The molecule has 0 unspecified atom stereocenters. The van der Waals surface area contributed by atoms with E-state index in [9.17, 15) is 4.79 Å². The number of rotatable bonds is 5. The van der Waals surface area contributed by atoms with E-state index >= 15 is 0 Å². The van der Waals surface area contributed by atoms with Gasteiger partial charge >= 0.3 is 0 Å². The maximum Gasteiger partial charge on any atom is 0.267 e. The molecule has 0 aliphatic rings. The minimum Gasteiger partial charge on any atom is -0.322 e. The second kappa shape index (κ2) is 7.64. The number of hydrogen-bond acceptors (Lipinski definition) is 2. The van der Waals surface area contributed by atoms with Crippen LogP contribution in [-0.4, -0.2) is 10.5 Å². The molecule has 2 aromatic heterocycles. The van der Waals surface area contributed by atoms with Gasteiger partial charge in [-0.1, -0.05) is 49.4 Å². The lowest BCUT2D eigenvalue weighted by Crippen LogP contribution is -2.13. The predicted molar refractivity (Wildman–Crippen MR) is 113 cm³/mol. The average Bonchev–Trinajstić information content (AvgIpc) is 3.38. The highest BCUT2D eigenvalue weighted by molar-refractivity contribution is 7.13. The third-order valence-corrected chi connectivity index (χ3v) is 5.48. The van der Waals surface area contributed by atoms with Crippen LogP contribution in [0.4, 0.5) is 5.69 Å². The summed E-state index contributed by atoms with van der Waals surface area (Å²) < 4.78 is 2.01. The first-order valence-electron chi connectivity index (χ1n) is 8.97. The Morgan fingerprint density at radius 1 is 1.00 bits per heavy atom. The van der Waals surface area contributed by atoms with Crippen molar-refractivity contribution in [1.82, 2.24) is 4.57 Å². The van der Waals surface area contributed by atoms with E-state index < -0.39 is 0 Å². The van der Waals surface area contributed by atoms with Gasteiger partial charge in [0.25, 0.3) is 5.91 Å². The molecular weight excluding hydrogens is 352 g/mol. The molecule has 0 saturated heterocycles. The maximum absolute atomic E-state index is 13.1. The summed E-state index contributed by atoms with van der Waals surface area (Å²) in [5, 5.41) is 5.12. The van der Waals surface area contributed by atoms with Crippen LogP contribution in [0.5, 0.6) is 0 Å². The minimum atomic E-state index is -0.0841. The number of carbonyl (C=O) groups excluding carboxylic acids is 1. The van der Waals surface area contributed by atoms with Gasteiger partial charge < -0.3 is 9.88 Å². The van der Waals surface area contributed by atoms with Gasteiger partial charge in [-0.2, -0.15) is 0 Å². The van der Waals surface area contributed by atoms with Crippen molar-refractivity contribution in [2.75, 3.05) is 5.32 Å². The number of thiophene rings is 1. The summed E-state index contributed by atoms with van der Waals surface area (Å²) in [4.78, 5) is 13.8. The number of hydrogen-bond donors (Lipinski definition) is 1. The molecule has 1 N–H and O–H groups in total. The molecule has 1 amide bonds. The molecule has 4 heteroatoms. The van der Waals surface area contributed by atoms with Crippen LogP contribution in [0.2, 0.25) is 0 Å². The highest BCUT2D eigenvalue weighted by Crippen LogP contribution is 2.35. The second-order valence-electron chi connectivity index (χ2n) is 6.29. The third-order valence-electron chi connectivity index (χ3n) is 4.51. The molecule has 4 aromatic rings. The van der Waals surface area contributed by atoms with Crippen LogP contribution >= 0.6 is 11.3 Å². The van der Waals surface area contributed by atoms with Crippen molar-refractivity contribution >= 4 is 22.9 Å². The summed E-state index contributed by atoms with van der Waals surface area (Å²) in [6.45, 7) is 2.11. The number of aryl methyl sites for hydroxylation is 1. The highest BCUT2D eigenvalue weighted by atomic mass is 32.1. The normalized spacial score (nSPS) is 10.7. The lowest BCUT2D eigenvalue weighted by Gasteiger charge is -2.11. The summed E-state index contributed by atoms with van der Waals surface area (Å²) >= 11 is 1.47. The third kappa shape index (κ3) is 3.57. The summed E-state index contributed by atoms with van der Waals surface area (Å²) in [5.41, 5.74) is 5.11.